The average molecular weight is 247 g/mol. The lowest BCUT2D eigenvalue weighted by Crippen LogP contribution is -2.41. The van der Waals surface area contributed by atoms with E-state index in [-0.39, 0.29) is 24.5 Å². The molecule has 0 radical (unpaired) electrons. The molecule has 0 bridgehead atoms. The normalized spacial score (nSPS) is 21.0. The lowest BCUT2D eigenvalue weighted by atomic mass is 10.1. The van der Waals surface area contributed by atoms with Gasteiger partial charge in [0, 0.05) is 12.6 Å². The minimum Gasteiger partial charge on any atom is -0.326 e. The summed E-state index contributed by atoms with van der Waals surface area (Å²) < 4.78 is 0. The summed E-state index contributed by atoms with van der Waals surface area (Å²) in [7, 11) is 0. The van der Waals surface area contributed by atoms with E-state index in [2.05, 4.69) is 5.32 Å². The number of hydrogen-bond acceptors (Lipinski definition) is 3. The van der Waals surface area contributed by atoms with E-state index in [1.807, 2.05) is 37.3 Å². The fourth-order valence-corrected chi connectivity index (χ4v) is 1.93. The van der Waals surface area contributed by atoms with Gasteiger partial charge in [0.05, 0.1) is 0 Å². The molecule has 3 amide bonds. The van der Waals surface area contributed by atoms with E-state index in [0.717, 1.165) is 12.0 Å². The standard InChI is InChI=1S/C13H17N3O2/c1-2-10(14)8-16-12(17)11(15-13(16)18)9-6-4-3-5-7-9/h3-7,10-11H,2,8,14H2,1H3,(H,15,18). The predicted octanol–water partition coefficient (Wildman–Crippen LogP) is 1.02. The largest absolute Gasteiger partial charge is 0.326 e. The summed E-state index contributed by atoms with van der Waals surface area (Å²) in [6.07, 6.45) is 0.729. The van der Waals surface area contributed by atoms with Crippen LogP contribution in [0.25, 0.3) is 0 Å². The first-order valence-electron chi connectivity index (χ1n) is 6.06. The van der Waals surface area contributed by atoms with Crippen molar-refractivity contribution >= 4 is 11.9 Å². The second kappa shape index (κ2) is 5.18. The number of nitrogens with zero attached hydrogens (tertiary/aromatic N) is 1. The van der Waals surface area contributed by atoms with Crippen LogP contribution in [-0.4, -0.2) is 29.4 Å². The topological polar surface area (TPSA) is 75.4 Å². The van der Waals surface area contributed by atoms with Gasteiger partial charge in [-0.15, -0.1) is 0 Å². The summed E-state index contributed by atoms with van der Waals surface area (Å²) in [6.45, 7) is 2.20. The lowest BCUT2D eigenvalue weighted by Gasteiger charge is -2.17. The Labute approximate surface area is 106 Å². The summed E-state index contributed by atoms with van der Waals surface area (Å²) in [5, 5.41) is 2.68. The molecule has 1 fully saturated rings. The molecule has 0 spiro atoms. The number of hydrogen-bond donors (Lipinski definition) is 2. The smallest absolute Gasteiger partial charge is 0.325 e. The molecule has 1 heterocycles. The Kier molecular flexibility index (Phi) is 3.62. The quantitative estimate of drug-likeness (QED) is 0.780. The van der Waals surface area contributed by atoms with Crippen molar-refractivity contribution in [2.24, 2.45) is 5.73 Å². The van der Waals surface area contributed by atoms with Gasteiger partial charge in [-0.05, 0) is 12.0 Å². The highest BCUT2D eigenvalue weighted by molar-refractivity contribution is 6.04. The van der Waals surface area contributed by atoms with Gasteiger partial charge in [-0.2, -0.15) is 0 Å². The highest BCUT2D eigenvalue weighted by Crippen LogP contribution is 2.21. The number of imide groups is 1. The third-order valence-electron chi connectivity index (χ3n) is 3.10. The SMILES string of the molecule is CCC(N)CN1C(=O)NC(c2ccccc2)C1=O. The molecule has 0 aliphatic carbocycles. The second-order valence-corrected chi connectivity index (χ2v) is 4.41. The summed E-state index contributed by atoms with van der Waals surface area (Å²) in [4.78, 5) is 25.1. The van der Waals surface area contributed by atoms with Crippen LogP contribution in [0, 0.1) is 0 Å². The molecule has 96 valence electrons. The van der Waals surface area contributed by atoms with E-state index in [0.29, 0.717) is 0 Å². The van der Waals surface area contributed by atoms with Crippen LogP contribution in [0.3, 0.4) is 0 Å². The zero-order chi connectivity index (χ0) is 13.1. The lowest BCUT2D eigenvalue weighted by molar-refractivity contribution is -0.127. The number of carbonyl (C=O) groups is 2. The molecule has 2 atom stereocenters. The number of benzene rings is 1. The van der Waals surface area contributed by atoms with Crippen molar-refractivity contribution in [3.63, 3.8) is 0 Å². The Morgan fingerprint density at radius 1 is 1.33 bits per heavy atom. The first-order valence-corrected chi connectivity index (χ1v) is 6.06. The molecule has 0 saturated carbocycles. The Bertz CT molecular complexity index is 447. The fraction of sp³-hybridized carbons (Fsp3) is 0.385. The number of nitrogens with two attached hydrogens (primary N) is 1. The number of urea groups is 1. The molecule has 1 aliphatic heterocycles. The monoisotopic (exact) mass is 247 g/mol. The molecule has 2 unspecified atom stereocenters. The first kappa shape index (κ1) is 12.6. The molecule has 5 heteroatoms. The van der Waals surface area contributed by atoms with Crippen LogP contribution >= 0.6 is 0 Å². The molecule has 3 N–H and O–H groups in total. The summed E-state index contributed by atoms with van der Waals surface area (Å²) >= 11 is 0. The van der Waals surface area contributed by atoms with Crippen molar-refractivity contribution in [3.8, 4) is 0 Å². The van der Waals surface area contributed by atoms with E-state index in [9.17, 15) is 9.59 Å². The summed E-state index contributed by atoms with van der Waals surface area (Å²) in [6, 6.07) is 8.09. The first-order chi connectivity index (χ1) is 8.63. The number of carbonyl (C=O) groups excluding carboxylic acids is 2. The maximum absolute atomic E-state index is 12.2. The highest BCUT2D eigenvalue weighted by atomic mass is 16.2. The Morgan fingerprint density at radius 2 is 2.00 bits per heavy atom. The van der Waals surface area contributed by atoms with Gasteiger partial charge in [-0.25, -0.2) is 4.79 Å². The number of nitrogens with one attached hydrogen (secondary N) is 1. The predicted molar refractivity (Wildman–Crippen MR) is 67.7 cm³/mol. The number of rotatable bonds is 4. The van der Waals surface area contributed by atoms with Crippen LogP contribution < -0.4 is 11.1 Å². The number of amides is 3. The fourth-order valence-electron chi connectivity index (χ4n) is 1.93. The van der Waals surface area contributed by atoms with Gasteiger partial charge in [0.25, 0.3) is 5.91 Å². The van der Waals surface area contributed by atoms with Crippen LogP contribution in [0.5, 0.6) is 0 Å². The van der Waals surface area contributed by atoms with Crippen LogP contribution in [0.2, 0.25) is 0 Å². The van der Waals surface area contributed by atoms with E-state index in [1.54, 1.807) is 0 Å². The van der Waals surface area contributed by atoms with Crippen molar-refractivity contribution in [1.29, 1.82) is 0 Å². The summed E-state index contributed by atoms with van der Waals surface area (Å²) in [5.41, 5.74) is 6.58. The van der Waals surface area contributed by atoms with E-state index in [1.165, 1.54) is 4.90 Å². The third kappa shape index (κ3) is 2.36. The Morgan fingerprint density at radius 3 is 2.61 bits per heavy atom. The molecule has 1 aromatic carbocycles. The molecule has 5 nitrogen and oxygen atoms in total. The van der Waals surface area contributed by atoms with E-state index < -0.39 is 6.04 Å². The minimum absolute atomic E-state index is 0.172. The van der Waals surface area contributed by atoms with E-state index >= 15 is 0 Å². The Balaban J connectivity index is 2.14. The van der Waals surface area contributed by atoms with Crippen molar-refractivity contribution in [2.45, 2.75) is 25.4 Å². The van der Waals surface area contributed by atoms with Gasteiger partial charge in [0.15, 0.2) is 0 Å². The van der Waals surface area contributed by atoms with Crippen LogP contribution in [0.1, 0.15) is 24.9 Å². The van der Waals surface area contributed by atoms with Crippen molar-refractivity contribution in [2.75, 3.05) is 6.54 Å². The zero-order valence-electron chi connectivity index (χ0n) is 10.3. The van der Waals surface area contributed by atoms with Crippen LogP contribution in [0.4, 0.5) is 4.79 Å². The highest BCUT2D eigenvalue weighted by Gasteiger charge is 2.39. The average Bonchev–Trinajstić information content (AvgIpc) is 2.67. The van der Waals surface area contributed by atoms with Crippen LogP contribution in [-0.2, 0) is 4.79 Å². The van der Waals surface area contributed by atoms with Crippen LogP contribution in [0.15, 0.2) is 30.3 Å². The molecule has 1 aliphatic rings. The van der Waals surface area contributed by atoms with Crippen molar-refractivity contribution in [3.05, 3.63) is 35.9 Å². The molecule has 0 aromatic heterocycles. The second-order valence-electron chi connectivity index (χ2n) is 4.41. The molecule has 18 heavy (non-hydrogen) atoms. The zero-order valence-corrected chi connectivity index (χ0v) is 10.3. The summed E-state index contributed by atoms with van der Waals surface area (Å²) in [5.74, 6) is -0.227. The maximum Gasteiger partial charge on any atom is 0.325 e. The van der Waals surface area contributed by atoms with Crippen molar-refractivity contribution < 1.29 is 9.59 Å². The molecular formula is C13H17N3O2. The van der Waals surface area contributed by atoms with Gasteiger partial charge in [0.2, 0.25) is 0 Å². The van der Waals surface area contributed by atoms with Gasteiger partial charge >= 0.3 is 6.03 Å². The molecule has 2 rings (SSSR count). The van der Waals surface area contributed by atoms with Gasteiger partial charge in [-0.1, -0.05) is 37.3 Å². The van der Waals surface area contributed by atoms with Gasteiger partial charge in [0.1, 0.15) is 6.04 Å². The molecular weight excluding hydrogens is 230 g/mol. The minimum atomic E-state index is -0.581. The molecule has 1 saturated heterocycles. The third-order valence-corrected chi connectivity index (χ3v) is 3.10. The van der Waals surface area contributed by atoms with Gasteiger partial charge < -0.3 is 11.1 Å². The maximum atomic E-state index is 12.2. The Hall–Kier alpha value is -1.88. The van der Waals surface area contributed by atoms with Gasteiger partial charge in [-0.3, -0.25) is 9.69 Å². The van der Waals surface area contributed by atoms with E-state index in [4.69, 9.17) is 5.73 Å². The molecule has 1 aromatic rings. The van der Waals surface area contributed by atoms with Crippen molar-refractivity contribution in [1.82, 2.24) is 10.2 Å².